The number of piperazine rings is 1. The van der Waals surface area contributed by atoms with Gasteiger partial charge >= 0.3 is 11.9 Å². The number of rotatable bonds is 9. The van der Waals surface area contributed by atoms with Crippen LogP contribution in [0.5, 0.6) is 17.2 Å². The summed E-state index contributed by atoms with van der Waals surface area (Å²) >= 11 is 0. The maximum atomic E-state index is 12.5. The predicted octanol–water partition coefficient (Wildman–Crippen LogP) is 0.670. The van der Waals surface area contributed by atoms with Crippen molar-refractivity contribution >= 4 is 29.8 Å². The molecule has 0 atom stereocenters. The van der Waals surface area contributed by atoms with Gasteiger partial charge in [0.15, 0.2) is 11.5 Å². The summed E-state index contributed by atoms with van der Waals surface area (Å²) in [5.74, 6) is -0.924. The van der Waals surface area contributed by atoms with Crippen LogP contribution in [0.1, 0.15) is 5.56 Å². The van der Waals surface area contributed by atoms with E-state index >= 15 is 0 Å². The van der Waals surface area contributed by atoms with Gasteiger partial charge in [-0.2, -0.15) is 0 Å². The second-order valence-corrected chi connectivity index (χ2v) is 7.69. The number of nitrogens with zero attached hydrogens (tertiary/aromatic N) is 3. The van der Waals surface area contributed by atoms with E-state index in [0.29, 0.717) is 62.1 Å². The van der Waals surface area contributed by atoms with Gasteiger partial charge in [-0.1, -0.05) is 0 Å². The van der Waals surface area contributed by atoms with Gasteiger partial charge in [0.2, 0.25) is 17.6 Å². The number of methoxy groups -OCH3 is 3. The van der Waals surface area contributed by atoms with Crippen LogP contribution in [0.15, 0.2) is 30.4 Å². The van der Waals surface area contributed by atoms with E-state index in [0.717, 1.165) is 5.56 Å². The van der Waals surface area contributed by atoms with Gasteiger partial charge < -0.3 is 34.2 Å². The highest BCUT2D eigenvalue weighted by molar-refractivity contribution is 5.92. The minimum Gasteiger partial charge on any atom is -0.493 e. The molecule has 2 N–H and O–H groups in total. The fourth-order valence-corrected chi connectivity index (χ4v) is 3.07. The van der Waals surface area contributed by atoms with Crippen LogP contribution in [-0.2, 0) is 19.2 Å². The number of carboxylic acid groups (broad SMARTS) is 2. The number of likely N-dealkylation sites (N-methyl/N-ethyl adjacent to an activating group) is 1. The molecule has 0 bridgehead atoms. The Bertz CT molecular complexity index is 940. The third-order valence-electron chi connectivity index (χ3n) is 5.02. The molecule has 1 fully saturated rings. The van der Waals surface area contributed by atoms with Crippen LogP contribution in [0.2, 0.25) is 0 Å². The summed E-state index contributed by atoms with van der Waals surface area (Å²) in [4.78, 5) is 48.8. The monoisotopic (exact) mass is 507 g/mol. The highest BCUT2D eigenvalue weighted by Crippen LogP contribution is 2.38. The van der Waals surface area contributed by atoms with Crippen molar-refractivity contribution in [1.29, 1.82) is 0 Å². The van der Waals surface area contributed by atoms with Gasteiger partial charge in [-0.15, -0.1) is 0 Å². The highest BCUT2D eigenvalue weighted by atomic mass is 16.5. The Hall–Kier alpha value is -4.06. The first-order valence-electron chi connectivity index (χ1n) is 10.9. The van der Waals surface area contributed by atoms with E-state index in [1.54, 1.807) is 69.5 Å². The van der Waals surface area contributed by atoms with Crippen LogP contribution >= 0.6 is 0 Å². The average molecular weight is 508 g/mol. The molecule has 12 nitrogen and oxygen atoms in total. The van der Waals surface area contributed by atoms with Crippen LogP contribution in [0.3, 0.4) is 0 Å². The number of ether oxygens (including phenoxy) is 3. The molecule has 0 spiro atoms. The molecule has 1 saturated heterocycles. The lowest BCUT2D eigenvalue weighted by Gasteiger charge is -2.34. The van der Waals surface area contributed by atoms with E-state index in [4.69, 9.17) is 24.4 Å². The Morgan fingerprint density at radius 3 is 1.75 bits per heavy atom. The number of benzene rings is 1. The van der Waals surface area contributed by atoms with Crippen molar-refractivity contribution in [2.24, 2.45) is 0 Å². The SMILES string of the molecule is COc1cc(/C=C/C(=O)N2CCN(CC(=O)N(C)C)CC2)cc(OC)c1OC.O=C(O)/C=C\C(=O)O. The topological polar surface area (TPSA) is 146 Å². The van der Waals surface area contributed by atoms with Crippen molar-refractivity contribution in [3.05, 3.63) is 35.9 Å². The summed E-state index contributed by atoms with van der Waals surface area (Å²) < 4.78 is 16.0. The van der Waals surface area contributed by atoms with Crippen LogP contribution < -0.4 is 14.2 Å². The molecule has 0 aliphatic carbocycles. The third-order valence-corrected chi connectivity index (χ3v) is 5.02. The van der Waals surface area contributed by atoms with E-state index in [-0.39, 0.29) is 11.8 Å². The zero-order valence-corrected chi connectivity index (χ0v) is 21.1. The Kier molecular flexibility index (Phi) is 12.5. The van der Waals surface area contributed by atoms with Crippen LogP contribution in [0.4, 0.5) is 0 Å². The number of carboxylic acids is 2. The lowest BCUT2D eigenvalue weighted by atomic mass is 10.1. The number of hydrogen-bond acceptors (Lipinski definition) is 8. The highest BCUT2D eigenvalue weighted by Gasteiger charge is 2.21. The second-order valence-electron chi connectivity index (χ2n) is 7.69. The van der Waals surface area contributed by atoms with E-state index in [9.17, 15) is 19.2 Å². The Morgan fingerprint density at radius 1 is 0.861 bits per heavy atom. The minimum atomic E-state index is -1.26. The first-order valence-corrected chi connectivity index (χ1v) is 10.9. The molecule has 0 saturated carbocycles. The zero-order valence-electron chi connectivity index (χ0n) is 21.1. The summed E-state index contributed by atoms with van der Waals surface area (Å²) in [6, 6.07) is 3.58. The van der Waals surface area contributed by atoms with Crippen LogP contribution in [-0.4, -0.2) is 117 Å². The zero-order chi connectivity index (χ0) is 27.3. The van der Waals surface area contributed by atoms with Crippen molar-refractivity contribution < 1.29 is 43.6 Å². The molecule has 1 aliphatic rings. The van der Waals surface area contributed by atoms with Gasteiger partial charge in [0.25, 0.3) is 0 Å². The molecule has 0 radical (unpaired) electrons. The number of carbonyl (C=O) groups is 4. The molecule has 1 aromatic carbocycles. The summed E-state index contributed by atoms with van der Waals surface area (Å²) in [6.07, 6.45) is 4.39. The Labute approximate surface area is 209 Å². The number of aliphatic carboxylic acids is 2. The molecule has 36 heavy (non-hydrogen) atoms. The largest absolute Gasteiger partial charge is 0.493 e. The molecule has 2 amide bonds. The molecule has 1 heterocycles. The van der Waals surface area contributed by atoms with Gasteiger partial charge in [0.05, 0.1) is 27.9 Å². The molecule has 1 aromatic rings. The first-order chi connectivity index (χ1) is 17.0. The summed E-state index contributed by atoms with van der Waals surface area (Å²) in [7, 11) is 8.14. The number of carbonyl (C=O) groups excluding carboxylic acids is 2. The van der Waals surface area contributed by atoms with Crippen molar-refractivity contribution in [3.63, 3.8) is 0 Å². The first kappa shape index (κ1) is 30.0. The van der Waals surface area contributed by atoms with E-state index < -0.39 is 11.9 Å². The van der Waals surface area contributed by atoms with Gasteiger partial charge in [-0.3, -0.25) is 14.5 Å². The molecule has 2 rings (SSSR count). The minimum absolute atomic E-state index is 0.0627. The summed E-state index contributed by atoms with van der Waals surface area (Å²) in [6.45, 7) is 2.95. The maximum absolute atomic E-state index is 12.5. The van der Waals surface area contributed by atoms with Crippen molar-refractivity contribution in [1.82, 2.24) is 14.7 Å². The standard InChI is InChI=1S/C20H29N3O5.C4H4O4/c1-21(2)19(25)14-22-8-10-23(11-9-22)18(24)7-6-15-12-16(26-3)20(28-5)17(13-15)27-4;5-3(6)1-2-4(7)8/h6-7,12-13H,8-11,14H2,1-5H3;1-2H,(H,5,6)(H,7,8)/b7-6+;2-1-. The lowest BCUT2D eigenvalue weighted by Crippen LogP contribution is -2.50. The summed E-state index contributed by atoms with van der Waals surface area (Å²) in [5, 5.41) is 15.6. The van der Waals surface area contributed by atoms with Gasteiger partial charge in [-0.05, 0) is 23.8 Å². The van der Waals surface area contributed by atoms with Gasteiger partial charge in [0.1, 0.15) is 0 Å². The molecule has 0 unspecified atom stereocenters. The fourth-order valence-electron chi connectivity index (χ4n) is 3.07. The molecular weight excluding hydrogens is 474 g/mol. The molecule has 0 aromatic heterocycles. The van der Waals surface area contributed by atoms with E-state index in [1.165, 1.54) is 0 Å². The van der Waals surface area contributed by atoms with Crippen molar-refractivity contribution in [3.8, 4) is 17.2 Å². The van der Waals surface area contributed by atoms with Crippen LogP contribution in [0.25, 0.3) is 6.08 Å². The quantitative estimate of drug-likeness (QED) is 0.457. The van der Waals surface area contributed by atoms with E-state index in [1.807, 2.05) is 0 Å². The number of amides is 2. The predicted molar refractivity (Wildman–Crippen MR) is 131 cm³/mol. The molecule has 1 aliphatic heterocycles. The van der Waals surface area contributed by atoms with E-state index in [2.05, 4.69) is 4.90 Å². The fraction of sp³-hybridized carbons (Fsp3) is 0.417. The third kappa shape index (κ3) is 10.1. The Balaban J connectivity index is 0.000000697. The van der Waals surface area contributed by atoms with Crippen molar-refractivity contribution in [2.45, 2.75) is 0 Å². The summed E-state index contributed by atoms with van der Waals surface area (Å²) in [5.41, 5.74) is 0.776. The van der Waals surface area contributed by atoms with Crippen LogP contribution in [0, 0.1) is 0 Å². The normalized spacial score (nSPS) is 13.6. The molecule has 198 valence electrons. The van der Waals surface area contributed by atoms with Gasteiger partial charge in [0, 0.05) is 58.5 Å². The smallest absolute Gasteiger partial charge is 0.328 e. The average Bonchev–Trinajstić information content (AvgIpc) is 2.85. The van der Waals surface area contributed by atoms with Gasteiger partial charge in [-0.25, -0.2) is 9.59 Å². The maximum Gasteiger partial charge on any atom is 0.328 e. The number of hydrogen-bond donors (Lipinski definition) is 2. The Morgan fingerprint density at radius 2 is 1.36 bits per heavy atom. The lowest BCUT2D eigenvalue weighted by molar-refractivity contribution is -0.134. The molecule has 12 heteroatoms. The van der Waals surface area contributed by atoms with Crippen molar-refractivity contribution in [2.75, 3.05) is 68.1 Å². The second kappa shape index (κ2) is 15.0. The molecular formula is C24H33N3O9.